The second-order valence-electron chi connectivity index (χ2n) is 7.27. The zero-order valence-corrected chi connectivity index (χ0v) is 19.4. The maximum absolute atomic E-state index is 12.3. The molecule has 1 aromatic carbocycles. The zero-order valence-electron chi connectivity index (χ0n) is 17.8. The number of carbonyl (C=O) groups is 1. The summed E-state index contributed by atoms with van der Waals surface area (Å²) in [7, 11) is 0. The van der Waals surface area contributed by atoms with Crippen molar-refractivity contribution in [2.75, 3.05) is 13.2 Å². The van der Waals surface area contributed by atoms with Crippen LogP contribution in [0, 0.1) is 0 Å². The van der Waals surface area contributed by atoms with Crippen LogP contribution >= 0.6 is 22.9 Å². The van der Waals surface area contributed by atoms with Crippen molar-refractivity contribution in [3.8, 4) is 17.1 Å². The van der Waals surface area contributed by atoms with E-state index >= 15 is 0 Å². The molecule has 0 aliphatic carbocycles. The maximum Gasteiger partial charge on any atom is 0.261 e. The van der Waals surface area contributed by atoms with Crippen LogP contribution in [-0.4, -0.2) is 49.6 Å². The lowest BCUT2D eigenvalue weighted by molar-refractivity contribution is 0.0536. The number of carbonyl (C=O) groups excluding carboxylic acids is 1. The molecule has 176 valence electrons. The molecule has 3 N–H and O–H groups in total. The van der Waals surface area contributed by atoms with Gasteiger partial charge in [-0.05, 0) is 30.3 Å². The van der Waals surface area contributed by atoms with E-state index < -0.39 is 12.7 Å². The maximum atomic E-state index is 12.3. The van der Waals surface area contributed by atoms with Crippen molar-refractivity contribution in [2.24, 2.45) is 0 Å². The normalized spacial score (nSPS) is 11.9. The molecule has 4 rings (SSSR count). The minimum atomic E-state index is -1.06. The summed E-state index contributed by atoms with van der Waals surface area (Å²) in [6, 6.07) is 13.4. The third kappa shape index (κ3) is 5.54. The molecule has 4 aromatic rings. The second-order valence-corrected chi connectivity index (χ2v) is 8.98. The number of amides is 1. The van der Waals surface area contributed by atoms with Gasteiger partial charge in [0.25, 0.3) is 11.5 Å². The van der Waals surface area contributed by atoms with Gasteiger partial charge in [-0.25, -0.2) is 4.98 Å². The molecule has 0 aliphatic heterocycles. The molecule has 0 fully saturated rings. The Balaban J connectivity index is 1.57. The number of benzene rings is 1. The summed E-state index contributed by atoms with van der Waals surface area (Å²) < 4.78 is 9.47. The molecule has 34 heavy (non-hydrogen) atoms. The van der Waals surface area contributed by atoms with E-state index in [0.29, 0.717) is 32.0 Å². The molecule has 0 saturated carbocycles. The van der Waals surface area contributed by atoms with Crippen LogP contribution in [0.25, 0.3) is 11.4 Å². The van der Waals surface area contributed by atoms with Crippen molar-refractivity contribution in [3.05, 3.63) is 92.5 Å². The molecule has 3 aromatic heterocycles. The standard InChI is InChI=1S/C23H21ClN4O5S/c24-21-7-6-20(34-21)23(32)25-10-15-11-27(14-26-15)18-5-4-16(28-8-2-1-3-22(28)31)9-19(18)33-13-17(30)12-29/h1-9,11,14,17,29-30H,10,12-13H2,(H,25,32)/t17-/m0/s1. The number of imidazole rings is 1. The molecule has 3 heterocycles. The van der Waals surface area contributed by atoms with Crippen LogP contribution in [0.1, 0.15) is 15.4 Å². The lowest BCUT2D eigenvalue weighted by atomic mass is 10.2. The minimum Gasteiger partial charge on any atom is -0.489 e. The summed E-state index contributed by atoms with van der Waals surface area (Å²) >= 11 is 7.08. The van der Waals surface area contributed by atoms with Gasteiger partial charge in [-0.1, -0.05) is 17.7 Å². The number of aliphatic hydroxyl groups is 2. The van der Waals surface area contributed by atoms with Crippen molar-refractivity contribution in [3.63, 3.8) is 0 Å². The average Bonchev–Trinajstić information content (AvgIpc) is 3.50. The number of aliphatic hydroxyl groups excluding tert-OH is 2. The van der Waals surface area contributed by atoms with E-state index in [0.717, 1.165) is 0 Å². The molecule has 0 spiro atoms. The van der Waals surface area contributed by atoms with E-state index in [-0.39, 0.29) is 24.6 Å². The van der Waals surface area contributed by atoms with E-state index in [4.69, 9.17) is 21.4 Å². The van der Waals surface area contributed by atoms with Gasteiger partial charge < -0.3 is 24.8 Å². The van der Waals surface area contributed by atoms with Crippen LogP contribution in [0.5, 0.6) is 5.75 Å². The summed E-state index contributed by atoms with van der Waals surface area (Å²) in [5.41, 5.74) is 1.59. The Morgan fingerprint density at radius 3 is 2.82 bits per heavy atom. The number of pyridine rings is 1. The van der Waals surface area contributed by atoms with Gasteiger partial charge in [0.15, 0.2) is 0 Å². The highest BCUT2D eigenvalue weighted by atomic mass is 35.5. The molecule has 1 atom stereocenters. The van der Waals surface area contributed by atoms with Gasteiger partial charge in [0.2, 0.25) is 0 Å². The highest BCUT2D eigenvalue weighted by Crippen LogP contribution is 2.27. The van der Waals surface area contributed by atoms with Gasteiger partial charge in [0, 0.05) is 24.5 Å². The Labute approximate surface area is 203 Å². The van der Waals surface area contributed by atoms with Crippen molar-refractivity contribution in [1.82, 2.24) is 19.4 Å². The summed E-state index contributed by atoms with van der Waals surface area (Å²) in [6.07, 6.45) is 3.89. The number of nitrogens with zero attached hydrogens (tertiary/aromatic N) is 3. The van der Waals surface area contributed by atoms with Crippen LogP contribution in [0.3, 0.4) is 0 Å². The molecule has 1 amide bonds. The average molecular weight is 501 g/mol. The van der Waals surface area contributed by atoms with E-state index in [9.17, 15) is 14.7 Å². The number of halogens is 1. The van der Waals surface area contributed by atoms with Crippen molar-refractivity contribution in [1.29, 1.82) is 0 Å². The SMILES string of the molecule is O=C(NCc1cn(-c2ccc(-n3ccccc3=O)cc2OC[C@@H](O)CO)cn1)c1ccc(Cl)s1. The predicted molar refractivity (Wildman–Crippen MR) is 128 cm³/mol. The number of thiophene rings is 1. The van der Waals surface area contributed by atoms with E-state index in [1.807, 2.05) is 0 Å². The quantitative estimate of drug-likeness (QED) is 0.325. The summed E-state index contributed by atoms with van der Waals surface area (Å²) in [5.74, 6) is 0.132. The Morgan fingerprint density at radius 1 is 1.24 bits per heavy atom. The van der Waals surface area contributed by atoms with Crippen molar-refractivity contribution < 1.29 is 19.7 Å². The Morgan fingerprint density at radius 2 is 2.09 bits per heavy atom. The Hall–Kier alpha value is -3.44. The number of nitrogens with one attached hydrogen (secondary N) is 1. The fourth-order valence-electron chi connectivity index (χ4n) is 3.14. The van der Waals surface area contributed by atoms with Gasteiger partial charge >= 0.3 is 0 Å². The molecule has 9 nitrogen and oxygen atoms in total. The van der Waals surface area contributed by atoms with Crippen LogP contribution in [0.15, 0.2) is 72.0 Å². The van der Waals surface area contributed by atoms with Crippen LogP contribution in [-0.2, 0) is 6.54 Å². The number of aromatic nitrogens is 3. The number of ether oxygens (including phenoxy) is 1. The first-order valence-electron chi connectivity index (χ1n) is 10.2. The monoisotopic (exact) mass is 500 g/mol. The molecular formula is C23H21ClN4O5S. The zero-order chi connectivity index (χ0) is 24.1. The first-order chi connectivity index (χ1) is 16.4. The van der Waals surface area contributed by atoms with E-state index in [1.165, 1.54) is 22.0 Å². The number of rotatable bonds is 9. The van der Waals surface area contributed by atoms with Gasteiger partial charge in [0.1, 0.15) is 18.5 Å². The van der Waals surface area contributed by atoms with Gasteiger partial charge in [0.05, 0.1) is 45.8 Å². The molecule has 0 bridgehead atoms. The van der Waals surface area contributed by atoms with Crippen molar-refractivity contribution in [2.45, 2.75) is 12.6 Å². The predicted octanol–water partition coefficient (Wildman–Crippen LogP) is 2.40. The van der Waals surface area contributed by atoms with Crippen LogP contribution < -0.4 is 15.6 Å². The summed E-state index contributed by atoms with van der Waals surface area (Å²) in [6.45, 7) is -0.382. The third-order valence-electron chi connectivity index (χ3n) is 4.83. The van der Waals surface area contributed by atoms with E-state index in [2.05, 4.69) is 10.3 Å². The Bertz CT molecular complexity index is 1350. The Kier molecular flexibility index (Phi) is 7.43. The highest BCUT2D eigenvalue weighted by Gasteiger charge is 2.14. The smallest absolute Gasteiger partial charge is 0.261 e. The minimum absolute atomic E-state index is 0.141. The largest absolute Gasteiger partial charge is 0.489 e. The fraction of sp³-hybridized carbons (Fsp3) is 0.174. The van der Waals surface area contributed by atoms with Crippen LogP contribution in [0.2, 0.25) is 4.34 Å². The lowest BCUT2D eigenvalue weighted by Crippen LogP contribution is -2.22. The van der Waals surface area contributed by atoms with Gasteiger partial charge in [-0.15, -0.1) is 11.3 Å². The fourth-order valence-corrected chi connectivity index (χ4v) is 4.10. The summed E-state index contributed by atoms with van der Waals surface area (Å²) in [5, 5.41) is 21.7. The topological polar surface area (TPSA) is 119 Å². The first kappa shape index (κ1) is 23.7. The lowest BCUT2D eigenvalue weighted by Gasteiger charge is -2.16. The molecule has 0 aliphatic rings. The molecule has 0 saturated heterocycles. The molecule has 0 unspecified atom stereocenters. The third-order valence-corrected chi connectivity index (χ3v) is 6.06. The second kappa shape index (κ2) is 10.7. The molecule has 0 radical (unpaired) electrons. The van der Waals surface area contributed by atoms with Gasteiger partial charge in [-0.2, -0.15) is 0 Å². The number of hydrogen-bond donors (Lipinski definition) is 3. The molecular weight excluding hydrogens is 480 g/mol. The first-order valence-corrected chi connectivity index (χ1v) is 11.4. The van der Waals surface area contributed by atoms with Gasteiger partial charge in [-0.3, -0.25) is 14.2 Å². The summed E-state index contributed by atoms with van der Waals surface area (Å²) in [4.78, 5) is 29.3. The van der Waals surface area contributed by atoms with Crippen molar-refractivity contribution >= 4 is 28.8 Å². The van der Waals surface area contributed by atoms with E-state index in [1.54, 1.807) is 65.8 Å². The van der Waals surface area contributed by atoms with Crippen LogP contribution in [0.4, 0.5) is 0 Å². The highest BCUT2D eigenvalue weighted by molar-refractivity contribution is 7.17. The molecule has 11 heteroatoms. The number of hydrogen-bond acceptors (Lipinski definition) is 7.